The van der Waals surface area contributed by atoms with Gasteiger partial charge in [-0.1, -0.05) is 13.8 Å². The van der Waals surface area contributed by atoms with E-state index in [2.05, 4.69) is 56.7 Å². The van der Waals surface area contributed by atoms with Crippen molar-refractivity contribution in [3.63, 3.8) is 0 Å². The predicted molar refractivity (Wildman–Crippen MR) is 74.2 cm³/mol. The first kappa shape index (κ1) is 16.8. The fourth-order valence-electron chi connectivity index (χ4n) is 2.37. The molecule has 0 spiro atoms. The molecule has 0 radical (unpaired) electrons. The van der Waals surface area contributed by atoms with Crippen LogP contribution in [0, 0.1) is 0 Å². The van der Waals surface area contributed by atoms with Crippen LogP contribution in [-0.2, 0) is 0 Å². The first-order valence-corrected chi connectivity index (χ1v) is 6.65. The quantitative estimate of drug-likeness (QED) is 0.612. The van der Waals surface area contributed by atoms with Gasteiger partial charge in [0.05, 0.1) is 12.8 Å². The molecule has 0 saturated heterocycles. The Bertz CT molecular complexity index is 186. The van der Waals surface area contributed by atoms with Gasteiger partial charge in [0, 0.05) is 19.1 Å². The summed E-state index contributed by atoms with van der Waals surface area (Å²) in [6.07, 6.45) is 2.63. The van der Waals surface area contributed by atoms with E-state index in [1.54, 1.807) is 0 Å². The number of hydrogen-bond acceptors (Lipinski definition) is 4. The van der Waals surface area contributed by atoms with E-state index in [0.29, 0.717) is 12.2 Å². The van der Waals surface area contributed by atoms with E-state index in [1.807, 2.05) is 0 Å². The third-order valence-electron chi connectivity index (χ3n) is 3.42. The third kappa shape index (κ3) is 5.82. The van der Waals surface area contributed by atoms with Crippen LogP contribution in [0.25, 0.3) is 0 Å². The van der Waals surface area contributed by atoms with Crippen LogP contribution in [0.1, 0.15) is 26.7 Å². The van der Waals surface area contributed by atoms with E-state index in [4.69, 9.17) is 0 Å². The van der Waals surface area contributed by atoms with Crippen LogP contribution in [0.2, 0.25) is 0 Å². The Morgan fingerprint density at radius 3 is 1.82 bits per heavy atom. The van der Waals surface area contributed by atoms with Crippen molar-refractivity contribution in [2.45, 2.75) is 38.9 Å². The summed E-state index contributed by atoms with van der Waals surface area (Å²) in [6.45, 7) is 6.42. The Kier molecular flexibility index (Phi) is 8.78. The smallest absolute Gasteiger partial charge is 0.0616 e. The van der Waals surface area contributed by atoms with Crippen molar-refractivity contribution < 1.29 is 5.11 Å². The van der Waals surface area contributed by atoms with Crippen LogP contribution in [0.5, 0.6) is 0 Å². The molecule has 0 aliphatic heterocycles. The van der Waals surface area contributed by atoms with Gasteiger partial charge in [-0.2, -0.15) is 0 Å². The van der Waals surface area contributed by atoms with Gasteiger partial charge in [-0.05, 0) is 41.0 Å². The van der Waals surface area contributed by atoms with Gasteiger partial charge < -0.3 is 10.0 Å². The van der Waals surface area contributed by atoms with E-state index in [0.717, 1.165) is 25.9 Å². The number of aliphatic hydroxyl groups is 1. The van der Waals surface area contributed by atoms with Crippen LogP contribution in [0.4, 0.5) is 0 Å². The van der Waals surface area contributed by atoms with Crippen molar-refractivity contribution in [1.82, 2.24) is 14.7 Å². The SMILES string of the molecule is CCC(CN(CCO)C(CC)N(C)C)N(C)C. The Balaban J connectivity index is 4.59. The molecule has 0 aromatic heterocycles. The summed E-state index contributed by atoms with van der Waals surface area (Å²) in [7, 11) is 8.47. The van der Waals surface area contributed by atoms with Crippen molar-refractivity contribution >= 4 is 0 Å². The highest BCUT2D eigenvalue weighted by Gasteiger charge is 2.22. The van der Waals surface area contributed by atoms with E-state index in [-0.39, 0.29) is 6.61 Å². The minimum absolute atomic E-state index is 0.230. The fourth-order valence-corrected chi connectivity index (χ4v) is 2.37. The summed E-state index contributed by atoms with van der Waals surface area (Å²) in [5.74, 6) is 0. The molecule has 0 rings (SSSR count). The monoisotopic (exact) mass is 245 g/mol. The van der Waals surface area contributed by atoms with Crippen LogP contribution >= 0.6 is 0 Å². The number of likely N-dealkylation sites (N-methyl/N-ethyl adjacent to an activating group) is 1. The summed E-state index contributed by atoms with van der Waals surface area (Å²) < 4.78 is 0. The van der Waals surface area contributed by atoms with Crippen LogP contribution in [0.15, 0.2) is 0 Å². The molecule has 1 N–H and O–H groups in total. The molecule has 0 heterocycles. The molecule has 104 valence electrons. The summed E-state index contributed by atoms with van der Waals surface area (Å²) >= 11 is 0. The van der Waals surface area contributed by atoms with Crippen LogP contribution in [0.3, 0.4) is 0 Å². The molecule has 0 saturated carbocycles. The van der Waals surface area contributed by atoms with Gasteiger partial charge >= 0.3 is 0 Å². The summed E-state index contributed by atoms with van der Waals surface area (Å²) in [5, 5.41) is 9.21. The van der Waals surface area contributed by atoms with Gasteiger partial charge in [0.25, 0.3) is 0 Å². The van der Waals surface area contributed by atoms with E-state index < -0.39 is 0 Å². The first-order valence-electron chi connectivity index (χ1n) is 6.65. The zero-order valence-corrected chi connectivity index (χ0v) is 12.5. The maximum atomic E-state index is 9.21. The van der Waals surface area contributed by atoms with E-state index in [9.17, 15) is 5.11 Å². The van der Waals surface area contributed by atoms with Crippen molar-refractivity contribution in [3.8, 4) is 0 Å². The Labute approximate surface area is 107 Å². The summed E-state index contributed by atoms with van der Waals surface area (Å²) in [5.41, 5.74) is 0. The molecule has 2 atom stereocenters. The molecule has 2 unspecified atom stereocenters. The highest BCUT2D eigenvalue weighted by molar-refractivity contribution is 4.75. The number of nitrogens with zero attached hydrogens (tertiary/aromatic N) is 3. The maximum Gasteiger partial charge on any atom is 0.0616 e. The lowest BCUT2D eigenvalue weighted by atomic mass is 10.1. The Morgan fingerprint density at radius 1 is 0.941 bits per heavy atom. The minimum atomic E-state index is 0.230. The molecule has 0 aliphatic rings. The first-order chi connectivity index (χ1) is 7.97. The second-order valence-corrected chi connectivity index (χ2v) is 5.10. The largest absolute Gasteiger partial charge is 0.395 e. The van der Waals surface area contributed by atoms with Crippen molar-refractivity contribution in [3.05, 3.63) is 0 Å². The van der Waals surface area contributed by atoms with E-state index >= 15 is 0 Å². The second-order valence-electron chi connectivity index (χ2n) is 5.10. The highest BCUT2D eigenvalue weighted by Crippen LogP contribution is 2.10. The molecule has 0 aliphatic carbocycles. The third-order valence-corrected chi connectivity index (χ3v) is 3.42. The molecule has 0 aromatic carbocycles. The van der Waals surface area contributed by atoms with Crippen molar-refractivity contribution in [2.75, 3.05) is 47.9 Å². The zero-order chi connectivity index (χ0) is 13.4. The molecule has 0 aromatic rings. The van der Waals surface area contributed by atoms with Gasteiger partial charge in [-0.15, -0.1) is 0 Å². The lowest BCUT2D eigenvalue weighted by Crippen LogP contribution is -2.51. The molecule has 17 heavy (non-hydrogen) atoms. The number of hydrogen-bond donors (Lipinski definition) is 1. The van der Waals surface area contributed by atoms with Gasteiger partial charge in [-0.3, -0.25) is 9.80 Å². The Hall–Kier alpha value is -0.160. The second kappa shape index (κ2) is 8.86. The zero-order valence-electron chi connectivity index (χ0n) is 12.5. The van der Waals surface area contributed by atoms with Crippen LogP contribution < -0.4 is 0 Å². The van der Waals surface area contributed by atoms with E-state index in [1.165, 1.54) is 0 Å². The average molecular weight is 245 g/mol. The van der Waals surface area contributed by atoms with Gasteiger partial charge in [-0.25, -0.2) is 0 Å². The minimum Gasteiger partial charge on any atom is -0.395 e. The average Bonchev–Trinajstić information content (AvgIpc) is 2.25. The molecule has 4 heteroatoms. The fraction of sp³-hybridized carbons (Fsp3) is 1.00. The van der Waals surface area contributed by atoms with Crippen molar-refractivity contribution in [1.29, 1.82) is 0 Å². The lowest BCUT2D eigenvalue weighted by molar-refractivity contribution is 0.0388. The Morgan fingerprint density at radius 2 is 1.53 bits per heavy atom. The molecular weight excluding hydrogens is 214 g/mol. The van der Waals surface area contributed by atoms with Gasteiger partial charge in [0.2, 0.25) is 0 Å². The topological polar surface area (TPSA) is 30.0 Å². The summed E-state index contributed by atoms with van der Waals surface area (Å²) in [6, 6.07) is 0.551. The van der Waals surface area contributed by atoms with Crippen molar-refractivity contribution in [2.24, 2.45) is 0 Å². The predicted octanol–water partition coefficient (Wildman–Crippen LogP) is 0.919. The summed E-state index contributed by atoms with van der Waals surface area (Å²) in [4.78, 5) is 6.89. The van der Waals surface area contributed by atoms with Gasteiger partial charge in [0.15, 0.2) is 0 Å². The molecule has 4 nitrogen and oxygen atoms in total. The molecular formula is C13H31N3O. The molecule has 0 fully saturated rings. The molecule has 0 bridgehead atoms. The normalized spacial score (nSPS) is 15.9. The maximum absolute atomic E-state index is 9.21. The van der Waals surface area contributed by atoms with Crippen LogP contribution in [-0.4, -0.2) is 79.9 Å². The molecule has 0 amide bonds. The number of aliphatic hydroxyl groups excluding tert-OH is 1. The lowest BCUT2D eigenvalue weighted by Gasteiger charge is -2.38. The number of rotatable bonds is 9. The highest BCUT2D eigenvalue weighted by atomic mass is 16.3. The van der Waals surface area contributed by atoms with Gasteiger partial charge in [0.1, 0.15) is 0 Å². The standard InChI is InChI=1S/C13H31N3O/c1-7-12(14(3)4)11-16(9-10-17)13(8-2)15(5)6/h12-13,17H,7-11H2,1-6H3.